The first-order valence-electron chi connectivity index (χ1n) is 7.85. The number of carbonyl (C=O) groups excluding carboxylic acids is 1. The molecule has 4 N–H and O–H groups in total. The zero-order valence-electron chi connectivity index (χ0n) is 13.3. The summed E-state index contributed by atoms with van der Waals surface area (Å²) in [4.78, 5) is 16.7. The number of carbonyl (C=O) groups is 1. The van der Waals surface area contributed by atoms with Gasteiger partial charge in [0.25, 0.3) is 0 Å². The Balaban J connectivity index is 1.84. The number of amidine groups is 1. The molecule has 0 aromatic heterocycles. The average molecular weight is 314 g/mol. The van der Waals surface area contributed by atoms with E-state index in [1.807, 2.05) is 18.2 Å². The highest BCUT2D eigenvalue weighted by atomic mass is 16.5. The van der Waals surface area contributed by atoms with Crippen molar-refractivity contribution in [2.75, 3.05) is 25.5 Å². The molecule has 0 aliphatic carbocycles. The number of hydrogen-bond donors (Lipinski definition) is 3. The Morgan fingerprint density at radius 1 is 1.43 bits per heavy atom. The Kier molecular flexibility index (Phi) is 4.34. The summed E-state index contributed by atoms with van der Waals surface area (Å²) >= 11 is 0. The van der Waals surface area contributed by atoms with Crippen molar-refractivity contribution in [3.05, 3.63) is 36.0 Å². The number of anilines is 1. The second-order valence-corrected chi connectivity index (χ2v) is 5.94. The van der Waals surface area contributed by atoms with Gasteiger partial charge in [-0.3, -0.25) is 9.79 Å². The Bertz CT molecular complexity index is 661. The number of fused-ring (bicyclic) bond motifs is 1. The molecule has 0 bridgehead atoms. The van der Waals surface area contributed by atoms with E-state index in [0.29, 0.717) is 23.6 Å². The smallest absolute Gasteiger partial charge is 0.170 e. The topological polar surface area (TPSA) is 88.7 Å². The number of hydrogen-bond acceptors (Lipinski definition) is 5. The molecule has 1 saturated heterocycles. The van der Waals surface area contributed by atoms with Crippen LogP contribution in [-0.4, -0.2) is 37.4 Å². The van der Waals surface area contributed by atoms with Crippen molar-refractivity contribution in [3.63, 3.8) is 0 Å². The van der Waals surface area contributed by atoms with Crippen LogP contribution in [0.3, 0.4) is 0 Å². The lowest BCUT2D eigenvalue weighted by Crippen LogP contribution is -2.49. The van der Waals surface area contributed by atoms with Gasteiger partial charge in [0.2, 0.25) is 0 Å². The van der Waals surface area contributed by atoms with Gasteiger partial charge in [-0.1, -0.05) is 0 Å². The molecule has 0 atom stereocenters. The molecule has 2 heterocycles. The maximum Gasteiger partial charge on any atom is 0.170 e. The van der Waals surface area contributed by atoms with Crippen LogP contribution in [0, 0.1) is 0 Å². The number of piperidine rings is 1. The second-order valence-electron chi connectivity index (χ2n) is 5.94. The minimum Gasteiger partial charge on any atom is -0.486 e. The minimum atomic E-state index is -0.331. The summed E-state index contributed by atoms with van der Waals surface area (Å²) in [7, 11) is 1.68. The van der Waals surface area contributed by atoms with E-state index in [0.717, 1.165) is 31.6 Å². The molecular formula is C17H22N4O2. The Labute approximate surface area is 135 Å². The Morgan fingerprint density at radius 3 is 2.91 bits per heavy atom. The number of aliphatic imine (C=N–C) groups is 1. The maximum atomic E-state index is 12.6. The third-order valence-corrected chi connectivity index (χ3v) is 4.37. The molecular weight excluding hydrogens is 292 g/mol. The van der Waals surface area contributed by atoms with E-state index in [1.165, 1.54) is 6.20 Å². The Hall–Kier alpha value is -2.34. The number of Topliss-reactive ketones (excluding diaryl/α,β-unsaturated/α-hetero) is 1. The van der Waals surface area contributed by atoms with Gasteiger partial charge in [0.1, 0.15) is 17.2 Å². The highest BCUT2D eigenvalue weighted by molar-refractivity contribution is 6.06. The van der Waals surface area contributed by atoms with Crippen molar-refractivity contribution in [3.8, 4) is 5.75 Å². The molecule has 0 amide bonds. The first-order chi connectivity index (χ1) is 11.2. The molecule has 6 nitrogen and oxygen atoms in total. The summed E-state index contributed by atoms with van der Waals surface area (Å²) in [5.41, 5.74) is 6.48. The highest BCUT2D eigenvalue weighted by Gasteiger charge is 2.41. The summed E-state index contributed by atoms with van der Waals surface area (Å²) in [5, 5.41) is 6.45. The molecule has 6 heteroatoms. The quantitative estimate of drug-likeness (QED) is 0.571. The van der Waals surface area contributed by atoms with Gasteiger partial charge in [-0.15, -0.1) is 0 Å². The lowest BCUT2D eigenvalue weighted by atomic mass is 9.83. The summed E-state index contributed by atoms with van der Waals surface area (Å²) in [6.07, 6.45) is 5.27. The van der Waals surface area contributed by atoms with Crippen molar-refractivity contribution in [1.29, 1.82) is 0 Å². The predicted octanol–water partition coefficient (Wildman–Crippen LogP) is 1.69. The standard InChI is InChI=1S/C17H22N4O2/c1-19-16(4-7-18)21-12-2-3-15-13(10-12)14(22)11-17(23-15)5-8-20-9-6-17/h2-4,7,10,20H,5-6,8-9,11,18H2,1H3,(H,19,21). The van der Waals surface area contributed by atoms with Gasteiger partial charge in [0.05, 0.1) is 12.0 Å². The molecule has 0 radical (unpaired) electrons. The van der Waals surface area contributed by atoms with E-state index in [9.17, 15) is 4.79 Å². The Morgan fingerprint density at radius 2 is 2.22 bits per heavy atom. The monoisotopic (exact) mass is 314 g/mol. The largest absolute Gasteiger partial charge is 0.486 e. The van der Waals surface area contributed by atoms with Crippen molar-refractivity contribution < 1.29 is 9.53 Å². The molecule has 0 unspecified atom stereocenters. The van der Waals surface area contributed by atoms with Crippen LogP contribution in [0.15, 0.2) is 35.5 Å². The second kappa shape index (κ2) is 6.42. The number of nitrogens with zero attached hydrogens (tertiary/aromatic N) is 1. The van der Waals surface area contributed by atoms with E-state index >= 15 is 0 Å². The SMILES string of the molecule is CN=C(C=CN)Nc1ccc2c(c1)C(=O)CC1(CCNCC1)O2. The lowest BCUT2D eigenvalue weighted by molar-refractivity contribution is 0.0188. The fraction of sp³-hybridized carbons (Fsp3) is 0.412. The first kappa shape index (κ1) is 15.6. The van der Waals surface area contributed by atoms with Gasteiger partial charge in [-0.05, 0) is 43.6 Å². The van der Waals surface area contributed by atoms with Crippen LogP contribution < -0.4 is 21.1 Å². The van der Waals surface area contributed by atoms with Crippen molar-refractivity contribution in [2.24, 2.45) is 10.7 Å². The highest BCUT2D eigenvalue weighted by Crippen LogP contribution is 2.39. The maximum absolute atomic E-state index is 12.6. The number of benzene rings is 1. The molecule has 23 heavy (non-hydrogen) atoms. The van der Waals surface area contributed by atoms with Gasteiger partial charge < -0.3 is 21.1 Å². The molecule has 122 valence electrons. The van der Waals surface area contributed by atoms with Crippen molar-refractivity contribution in [1.82, 2.24) is 5.32 Å². The van der Waals surface area contributed by atoms with Crippen LogP contribution >= 0.6 is 0 Å². The number of ketones is 1. The van der Waals surface area contributed by atoms with Crippen LogP contribution in [-0.2, 0) is 0 Å². The molecule has 1 fully saturated rings. The molecule has 2 aliphatic heterocycles. The van der Waals surface area contributed by atoms with E-state index in [-0.39, 0.29) is 11.4 Å². The number of nitrogens with two attached hydrogens (primary N) is 1. The van der Waals surface area contributed by atoms with Gasteiger partial charge in [0, 0.05) is 25.6 Å². The molecule has 1 aromatic rings. The summed E-state index contributed by atoms with van der Waals surface area (Å²) in [6.45, 7) is 1.79. The number of rotatable bonds is 2. The van der Waals surface area contributed by atoms with Crippen molar-refractivity contribution in [2.45, 2.75) is 24.9 Å². The van der Waals surface area contributed by atoms with E-state index < -0.39 is 0 Å². The predicted molar refractivity (Wildman–Crippen MR) is 91.2 cm³/mol. The molecule has 2 aliphatic rings. The molecule has 1 spiro atoms. The molecule has 3 rings (SSSR count). The van der Waals surface area contributed by atoms with Crippen LogP contribution in [0.4, 0.5) is 5.69 Å². The van der Waals surface area contributed by atoms with Crippen LogP contribution in [0.1, 0.15) is 29.6 Å². The fourth-order valence-electron chi connectivity index (χ4n) is 3.14. The van der Waals surface area contributed by atoms with Gasteiger partial charge >= 0.3 is 0 Å². The van der Waals surface area contributed by atoms with Gasteiger partial charge in [-0.25, -0.2) is 0 Å². The minimum absolute atomic E-state index is 0.140. The summed E-state index contributed by atoms with van der Waals surface area (Å²) in [5.74, 6) is 1.45. The lowest BCUT2D eigenvalue weighted by Gasteiger charge is -2.40. The van der Waals surface area contributed by atoms with Gasteiger partial charge in [0.15, 0.2) is 5.78 Å². The van der Waals surface area contributed by atoms with Crippen molar-refractivity contribution >= 4 is 17.3 Å². The third-order valence-electron chi connectivity index (χ3n) is 4.37. The number of ether oxygens (including phenoxy) is 1. The summed E-state index contributed by atoms with van der Waals surface area (Å²) in [6, 6.07) is 5.57. The zero-order valence-corrected chi connectivity index (χ0v) is 13.3. The zero-order chi connectivity index (χ0) is 16.3. The number of nitrogens with one attached hydrogen (secondary N) is 2. The van der Waals surface area contributed by atoms with E-state index in [2.05, 4.69) is 15.6 Å². The van der Waals surface area contributed by atoms with Crippen LogP contribution in [0.5, 0.6) is 5.75 Å². The molecule has 1 aromatic carbocycles. The average Bonchev–Trinajstić information content (AvgIpc) is 2.55. The van der Waals surface area contributed by atoms with Crippen LogP contribution in [0.2, 0.25) is 0 Å². The van der Waals surface area contributed by atoms with E-state index in [1.54, 1.807) is 13.1 Å². The fourth-order valence-corrected chi connectivity index (χ4v) is 3.14. The van der Waals surface area contributed by atoms with E-state index in [4.69, 9.17) is 10.5 Å². The summed E-state index contributed by atoms with van der Waals surface area (Å²) < 4.78 is 6.21. The van der Waals surface area contributed by atoms with Crippen LogP contribution in [0.25, 0.3) is 0 Å². The first-order valence-corrected chi connectivity index (χ1v) is 7.85. The molecule has 0 saturated carbocycles. The third kappa shape index (κ3) is 3.22. The normalized spacial score (nSPS) is 20.4. The van der Waals surface area contributed by atoms with Gasteiger partial charge in [-0.2, -0.15) is 0 Å².